The summed E-state index contributed by atoms with van der Waals surface area (Å²) >= 11 is 0. The molecule has 0 fully saturated rings. The van der Waals surface area contributed by atoms with Crippen LogP contribution in [0.15, 0.2) is 0 Å². The maximum atomic E-state index is 6.38. The Balaban J connectivity index is -0.000000471. The summed E-state index contributed by atoms with van der Waals surface area (Å²) in [5.41, 5.74) is 0. The van der Waals surface area contributed by atoms with E-state index in [4.69, 9.17) is 12.3 Å². The molecule has 228 valence electrons. The standard InChI is InChI=1S/2C10H26OSi2.C8H22OSi2/c2*1-7-9-12(3,4)11-13(5,6)10-8-2;1-7-8-11(5,6)9-10(2,3)4/h2*7-10H2,1-6H3;7-8H2,1-6H3. The lowest BCUT2D eigenvalue weighted by atomic mass is 10.6. The average Bonchev–Trinajstić information content (AvgIpc) is 2.57. The van der Waals surface area contributed by atoms with Crippen molar-refractivity contribution in [3.63, 3.8) is 0 Å². The van der Waals surface area contributed by atoms with Crippen molar-refractivity contribution < 1.29 is 12.3 Å². The fourth-order valence-corrected chi connectivity index (χ4v) is 32.3. The summed E-state index contributed by atoms with van der Waals surface area (Å²) < 4.78 is 18.9. The predicted molar refractivity (Wildman–Crippen MR) is 190 cm³/mol. The Morgan fingerprint density at radius 1 is 0.297 bits per heavy atom. The van der Waals surface area contributed by atoms with Crippen molar-refractivity contribution in [1.29, 1.82) is 0 Å². The van der Waals surface area contributed by atoms with Gasteiger partial charge in [-0.2, -0.15) is 0 Å². The largest absolute Gasteiger partial charge is 0.456 e. The van der Waals surface area contributed by atoms with Gasteiger partial charge in [-0.3, -0.25) is 0 Å². The Morgan fingerprint density at radius 3 is 0.595 bits per heavy atom. The SMILES string of the molecule is CCC[Si](C)(C)O[Si](C)(C)C.CCC[Si](C)(C)O[Si](C)(C)CCC.CCC[Si](C)(C)O[Si](C)(C)CCC. The van der Waals surface area contributed by atoms with E-state index in [1.807, 2.05) is 0 Å². The lowest BCUT2D eigenvalue weighted by Crippen LogP contribution is -2.43. The van der Waals surface area contributed by atoms with Gasteiger partial charge in [0.1, 0.15) is 0 Å². The van der Waals surface area contributed by atoms with Gasteiger partial charge in [-0.05, 0) is 115 Å². The molecule has 0 saturated carbocycles. The zero-order chi connectivity index (χ0) is 30.2. The summed E-state index contributed by atoms with van der Waals surface area (Å²) in [6.07, 6.45) is 6.36. The van der Waals surface area contributed by atoms with Crippen LogP contribution in [0.2, 0.25) is 115 Å². The summed E-state index contributed by atoms with van der Waals surface area (Å²) in [5, 5.41) is 0. The lowest BCUT2D eigenvalue weighted by Gasteiger charge is -2.33. The third kappa shape index (κ3) is 30.0. The van der Waals surface area contributed by atoms with Crippen molar-refractivity contribution in [3.8, 4) is 0 Å². The zero-order valence-corrected chi connectivity index (χ0v) is 35.3. The molecular formula is C28H74O3Si6. The third-order valence-electron chi connectivity index (χ3n) is 5.95. The van der Waals surface area contributed by atoms with Crippen LogP contribution in [0.1, 0.15) is 66.7 Å². The molecule has 0 radical (unpaired) electrons. The Kier molecular flexibility index (Phi) is 22.3. The maximum absolute atomic E-state index is 6.38. The van der Waals surface area contributed by atoms with Crippen molar-refractivity contribution in [1.82, 2.24) is 0 Å². The minimum atomic E-state index is -1.31. The molecular weight excluding hydrogens is 553 g/mol. The van der Waals surface area contributed by atoms with Crippen molar-refractivity contribution >= 4 is 49.9 Å². The normalized spacial score (nSPS) is 13.5. The first-order valence-electron chi connectivity index (χ1n) is 15.5. The third-order valence-corrected chi connectivity index (χ3v) is 28.0. The molecule has 0 amide bonds. The first kappa shape index (κ1) is 42.6. The van der Waals surface area contributed by atoms with Gasteiger partial charge < -0.3 is 12.3 Å². The van der Waals surface area contributed by atoms with Crippen LogP contribution < -0.4 is 0 Å². The summed E-state index contributed by atoms with van der Waals surface area (Å²) in [4.78, 5) is 0. The van der Waals surface area contributed by atoms with Crippen LogP contribution in [0.4, 0.5) is 0 Å². The van der Waals surface area contributed by atoms with Crippen molar-refractivity contribution in [2.24, 2.45) is 0 Å². The van der Waals surface area contributed by atoms with E-state index in [-0.39, 0.29) is 0 Å². The topological polar surface area (TPSA) is 27.7 Å². The minimum Gasteiger partial charge on any atom is -0.456 e. The van der Waals surface area contributed by atoms with Crippen LogP contribution in [-0.4, -0.2) is 49.9 Å². The quantitative estimate of drug-likeness (QED) is 0.159. The van der Waals surface area contributed by atoms with E-state index in [1.54, 1.807) is 0 Å². The molecule has 0 aromatic carbocycles. The Morgan fingerprint density at radius 2 is 0.459 bits per heavy atom. The molecule has 0 aliphatic carbocycles. The number of rotatable bonds is 16. The molecule has 0 atom stereocenters. The van der Waals surface area contributed by atoms with Gasteiger partial charge in [0, 0.05) is 0 Å². The average molecular weight is 627 g/mol. The van der Waals surface area contributed by atoms with Crippen LogP contribution in [0.5, 0.6) is 0 Å². The molecule has 37 heavy (non-hydrogen) atoms. The molecule has 0 aromatic rings. The maximum Gasteiger partial charge on any atom is 0.173 e. The van der Waals surface area contributed by atoms with Gasteiger partial charge >= 0.3 is 0 Å². The number of hydrogen-bond acceptors (Lipinski definition) is 3. The van der Waals surface area contributed by atoms with Gasteiger partial charge in [-0.25, -0.2) is 0 Å². The summed E-state index contributed by atoms with van der Waals surface area (Å²) in [6, 6.07) is 6.55. The van der Waals surface area contributed by atoms with Crippen LogP contribution >= 0.6 is 0 Å². The number of hydrogen-bond donors (Lipinski definition) is 0. The molecule has 0 rings (SSSR count). The zero-order valence-electron chi connectivity index (χ0n) is 29.3. The highest BCUT2D eigenvalue weighted by atomic mass is 28.4. The Hall–Kier alpha value is 1.18. The molecule has 0 saturated heterocycles. The van der Waals surface area contributed by atoms with Crippen LogP contribution in [0.3, 0.4) is 0 Å². The highest BCUT2D eigenvalue weighted by molar-refractivity contribution is 6.85. The van der Waals surface area contributed by atoms with E-state index in [0.29, 0.717) is 0 Å². The molecule has 0 aromatic heterocycles. The van der Waals surface area contributed by atoms with Gasteiger partial charge in [0.05, 0.1) is 0 Å². The highest BCUT2D eigenvalue weighted by Crippen LogP contribution is 2.24. The second-order valence-corrected chi connectivity index (χ2v) is 41.7. The first-order valence-corrected chi connectivity index (χ1v) is 34.5. The van der Waals surface area contributed by atoms with Crippen molar-refractivity contribution in [2.75, 3.05) is 0 Å². The monoisotopic (exact) mass is 626 g/mol. The minimum absolute atomic E-state index is 1.27. The fourth-order valence-electron chi connectivity index (χ4n) is 5.59. The van der Waals surface area contributed by atoms with Gasteiger partial charge in [-0.1, -0.05) is 66.7 Å². The van der Waals surface area contributed by atoms with Crippen LogP contribution in [0, 0.1) is 0 Å². The fraction of sp³-hybridized carbons (Fsp3) is 1.00. The van der Waals surface area contributed by atoms with Crippen LogP contribution in [-0.2, 0) is 12.3 Å². The van der Waals surface area contributed by atoms with E-state index in [1.165, 1.54) is 62.3 Å². The molecule has 0 heterocycles. The van der Waals surface area contributed by atoms with Crippen molar-refractivity contribution in [2.45, 2.75) is 182 Å². The molecule has 0 unspecified atom stereocenters. The van der Waals surface area contributed by atoms with Gasteiger partial charge in [0.2, 0.25) is 0 Å². The van der Waals surface area contributed by atoms with Crippen LogP contribution in [0.25, 0.3) is 0 Å². The molecule has 3 nitrogen and oxygen atoms in total. The second kappa shape index (κ2) is 19.3. The molecule has 0 bridgehead atoms. The van der Waals surface area contributed by atoms with Gasteiger partial charge in [0.25, 0.3) is 0 Å². The van der Waals surface area contributed by atoms with Gasteiger partial charge in [0.15, 0.2) is 49.9 Å². The predicted octanol–water partition coefficient (Wildman–Crippen LogP) is 11.9. The highest BCUT2D eigenvalue weighted by Gasteiger charge is 2.32. The summed E-state index contributed by atoms with van der Waals surface area (Å²) in [5.74, 6) is 0. The Labute approximate surface area is 243 Å². The Bertz CT molecular complexity index is 493. The molecule has 0 spiro atoms. The first-order chi connectivity index (χ1) is 16.4. The van der Waals surface area contributed by atoms with E-state index in [9.17, 15) is 0 Å². The smallest absolute Gasteiger partial charge is 0.173 e. The van der Waals surface area contributed by atoms with E-state index in [0.717, 1.165) is 0 Å². The summed E-state index contributed by atoms with van der Waals surface area (Å²) in [6.45, 7) is 41.6. The molecule has 0 aliphatic rings. The molecule has 9 heteroatoms. The molecule has 0 N–H and O–H groups in total. The lowest BCUT2D eigenvalue weighted by molar-refractivity contribution is 0.533. The molecule has 0 aliphatic heterocycles. The second-order valence-electron chi connectivity index (χ2n) is 15.0. The summed E-state index contributed by atoms with van der Waals surface area (Å²) in [7, 11) is -7.80. The van der Waals surface area contributed by atoms with E-state index in [2.05, 4.69) is 120 Å². The van der Waals surface area contributed by atoms with Gasteiger partial charge in [-0.15, -0.1) is 0 Å². The van der Waals surface area contributed by atoms with E-state index >= 15 is 0 Å². The van der Waals surface area contributed by atoms with Crippen molar-refractivity contribution in [3.05, 3.63) is 0 Å². The van der Waals surface area contributed by atoms with E-state index < -0.39 is 49.9 Å².